The molecular weight excluding hydrogens is 731 g/mol. The molecule has 0 saturated heterocycles. The van der Waals surface area contributed by atoms with Crippen LogP contribution >= 0.6 is 25.3 Å². The molecule has 0 unspecified atom stereocenters. The lowest BCUT2D eigenvalue weighted by atomic mass is 10.0. The lowest BCUT2D eigenvalue weighted by molar-refractivity contribution is -0.123. The van der Waals surface area contributed by atoms with E-state index < -0.39 is 24.2 Å². The first-order valence-electron chi connectivity index (χ1n) is 19.4. The number of hydrogen-bond donors (Lipinski definition) is 11. The number of ether oxygens (including phenoxy) is 2. The van der Waals surface area contributed by atoms with Crippen molar-refractivity contribution in [2.24, 2.45) is 34.4 Å². The predicted molar refractivity (Wildman–Crippen MR) is 221 cm³/mol. The third kappa shape index (κ3) is 21.5. The summed E-state index contributed by atoms with van der Waals surface area (Å²) < 4.78 is 12.0. The molecule has 0 aromatic heterocycles. The largest absolute Gasteiger partial charge is 0.488 e. The maximum absolute atomic E-state index is 12.6. The van der Waals surface area contributed by atoms with Crippen molar-refractivity contribution in [3.8, 4) is 11.5 Å². The summed E-state index contributed by atoms with van der Waals surface area (Å²) in [6.07, 6.45) is 9.60. The number of rotatable bonds is 33. The molecule has 4 atom stereocenters. The van der Waals surface area contributed by atoms with Crippen LogP contribution < -0.4 is 59.8 Å². The molecule has 15 nitrogen and oxygen atoms in total. The molecule has 1 aromatic carbocycles. The van der Waals surface area contributed by atoms with Crippen LogP contribution in [-0.2, 0) is 30.7 Å². The van der Waals surface area contributed by atoms with Gasteiger partial charge in [0.1, 0.15) is 19.0 Å². The van der Waals surface area contributed by atoms with Crippen LogP contribution in [0, 0.1) is 0 Å². The SMILES string of the molecule is NCCCC[C@H](N)C(=O)CCCCC[C@H](N)C(=O)NCCOc1cc(CS)c(CS)cc1OCCNC(=O)[C@@H](N)CCCCNC(=O)[C@@H](N)CCCCN. The molecule has 15 N–H and O–H groups in total. The van der Waals surface area contributed by atoms with Crippen LogP contribution in [0.4, 0.5) is 0 Å². The molecule has 1 aromatic rings. The second-order valence-corrected chi connectivity index (χ2v) is 14.1. The lowest BCUT2D eigenvalue weighted by Crippen LogP contribution is -2.42. The summed E-state index contributed by atoms with van der Waals surface area (Å²) in [5.74, 6) is 1.21. The summed E-state index contributed by atoms with van der Waals surface area (Å²) in [4.78, 5) is 49.4. The molecule has 0 aliphatic rings. The number of ketones is 1. The molecule has 54 heavy (non-hydrogen) atoms. The van der Waals surface area contributed by atoms with Crippen LogP contribution in [-0.4, -0.2) is 93.6 Å². The van der Waals surface area contributed by atoms with E-state index in [-0.39, 0.29) is 49.8 Å². The van der Waals surface area contributed by atoms with Crippen molar-refractivity contribution >= 4 is 48.8 Å². The average Bonchev–Trinajstić information content (AvgIpc) is 3.17. The molecule has 0 bridgehead atoms. The topological polar surface area (TPSA) is 279 Å². The fourth-order valence-electron chi connectivity index (χ4n) is 5.53. The molecule has 0 heterocycles. The van der Waals surface area contributed by atoms with E-state index in [1.165, 1.54) is 0 Å². The zero-order valence-electron chi connectivity index (χ0n) is 32.0. The number of unbranched alkanes of at least 4 members (excludes halogenated alkanes) is 5. The Morgan fingerprint density at radius 2 is 0.926 bits per heavy atom. The molecule has 0 spiro atoms. The van der Waals surface area contributed by atoms with Crippen LogP contribution in [0.3, 0.4) is 0 Å². The van der Waals surface area contributed by atoms with E-state index in [2.05, 4.69) is 41.2 Å². The van der Waals surface area contributed by atoms with Crippen molar-refractivity contribution in [2.75, 3.05) is 45.9 Å². The van der Waals surface area contributed by atoms with Crippen molar-refractivity contribution in [2.45, 2.75) is 126 Å². The number of benzene rings is 1. The van der Waals surface area contributed by atoms with Crippen molar-refractivity contribution in [1.82, 2.24) is 16.0 Å². The van der Waals surface area contributed by atoms with Crippen molar-refractivity contribution < 1.29 is 28.7 Å². The number of hydrogen-bond acceptors (Lipinski definition) is 14. The Morgan fingerprint density at radius 3 is 1.35 bits per heavy atom. The van der Waals surface area contributed by atoms with E-state index in [1.807, 2.05) is 12.1 Å². The first-order valence-corrected chi connectivity index (χ1v) is 20.7. The highest BCUT2D eigenvalue weighted by molar-refractivity contribution is 7.79. The van der Waals surface area contributed by atoms with Gasteiger partial charge < -0.3 is 59.8 Å². The van der Waals surface area contributed by atoms with Crippen LogP contribution in [0.1, 0.15) is 101 Å². The minimum Gasteiger partial charge on any atom is -0.488 e. The number of amides is 3. The van der Waals surface area contributed by atoms with Crippen molar-refractivity contribution in [3.05, 3.63) is 23.3 Å². The highest BCUT2D eigenvalue weighted by Gasteiger charge is 2.17. The quantitative estimate of drug-likeness (QED) is 0.0350. The van der Waals surface area contributed by atoms with Gasteiger partial charge in [-0.3, -0.25) is 19.2 Å². The molecule has 0 fully saturated rings. The summed E-state index contributed by atoms with van der Waals surface area (Å²) in [7, 11) is 0. The van der Waals surface area contributed by atoms with Gasteiger partial charge in [0.2, 0.25) is 17.7 Å². The second-order valence-electron chi connectivity index (χ2n) is 13.5. The molecule has 0 radical (unpaired) electrons. The van der Waals surface area contributed by atoms with Crippen LogP contribution in [0.5, 0.6) is 11.5 Å². The third-order valence-corrected chi connectivity index (χ3v) is 9.65. The van der Waals surface area contributed by atoms with E-state index in [9.17, 15) is 19.2 Å². The fourth-order valence-corrected chi connectivity index (χ4v) is 6.11. The van der Waals surface area contributed by atoms with Crippen molar-refractivity contribution in [1.29, 1.82) is 0 Å². The number of Topliss-reactive ketones (excluding diaryl/α,β-unsaturated/α-hetero) is 1. The maximum atomic E-state index is 12.6. The zero-order chi connectivity index (χ0) is 40.1. The Hall–Kier alpha value is -2.64. The summed E-state index contributed by atoms with van der Waals surface area (Å²) in [5.41, 5.74) is 36.9. The lowest BCUT2D eigenvalue weighted by Gasteiger charge is -2.18. The normalized spacial score (nSPS) is 13.4. The minimum absolute atomic E-state index is 0.0657. The summed E-state index contributed by atoms with van der Waals surface area (Å²) in [5, 5.41) is 8.44. The first kappa shape index (κ1) is 49.4. The molecular formula is C37H69N9O6S2. The molecule has 0 saturated carbocycles. The van der Waals surface area contributed by atoms with E-state index in [1.54, 1.807) is 0 Å². The van der Waals surface area contributed by atoms with Crippen LogP contribution in [0.15, 0.2) is 12.1 Å². The number of nitrogens with one attached hydrogen (secondary N) is 3. The Morgan fingerprint density at radius 1 is 0.537 bits per heavy atom. The maximum Gasteiger partial charge on any atom is 0.237 e. The van der Waals surface area contributed by atoms with Gasteiger partial charge in [-0.25, -0.2) is 0 Å². The fraction of sp³-hybridized carbons (Fsp3) is 0.730. The molecule has 310 valence electrons. The number of thiol groups is 2. The van der Waals surface area contributed by atoms with E-state index in [0.29, 0.717) is 94.0 Å². The van der Waals surface area contributed by atoms with E-state index in [0.717, 1.165) is 49.7 Å². The molecule has 1 rings (SSSR count). The Bertz CT molecular complexity index is 1140. The van der Waals surface area contributed by atoms with E-state index in [4.69, 9.17) is 43.9 Å². The van der Waals surface area contributed by atoms with Gasteiger partial charge in [0, 0.05) is 24.5 Å². The van der Waals surface area contributed by atoms with E-state index >= 15 is 0 Å². The average molecular weight is 800 g/mol. The third-order valence-electron chi connectivity index (χ3n) is 8.97. The van der Waals surface area contributed by atoms with Crippen molar-refractivity contribution in [3.63, 3.8) is 0 Å². The summed E-state index contributed by atoms with van der Waals surface area (Å²) in [6, 6.07) is 1.34. The van der Waals surface area contributed by atoms with Gasteiger partial charge in [-0.15, -0.1) is 0 Å². The summed E-state index contributed by atoms with van der Waals surface area (Å²) in [6.45, 7) is 2.44. The number of carbonyl (C=O) groups is 4. The van der Waals surface area contributed by atoms with Crippen LogP contribution in [0.2, 0.25) is 0 Å². The zero-order valence-corrected chi connectivity index (χ0v) is 33.8. The number of carbonyl (C=O) groups excluding carboxylic acids is 4. The highest BCUT2D eigenvalue weighted by atomic mass is 32.1. The van der Waals surface area contributed by atoms with Gasteiger partial charge in [0.25, 0.3) is 0 Å². The molecule has 17 heteroatoms. The van der Waals surface area contributed by atoms with Gasteiger partial charge in [0.15, 0.2) is 11.5 Å². The molecule has 0 aliphatic carbocycles. The van der Waals surface area contributed by atoms with Gasteiger partial charge in [0.05, 0.1) is 37.3 Å². The second kappa shape index (κ2) is 30.6. The molecule has 0 aliphatic heterocycles. The van der Waals surface area contributed by atoms with Gasteiger partial charge >= 0.3 is 0 Å². The Balaban J connectivity index is 2.42. The Labute approximate surface area is 333 Å². The molecule has 3 amide bonds. The number of nitrogens with two attached hydrogens (primary N) is 6. The summed E-state index contributed by atoms with van der Waals surface area (Å²) >= 11 is 8.86. The van der Waals surface area contributed by atoms with Gasteiger partial charge in [-0.05, 0) is 94.1 Å². The standard InChI is InChI=1S/C37H69N9O6S2/c38-15-7-4-10-28(40)32(47)14-3-1-2-11-29(41)36(49)45-18-20-51-33-22-26(24-53)27(25-54)23-34(33)52-21-19-46-37(50)31(43)13-6-9-17-44-35(48)30(42)12-5-8-16-39/h22-23,28-31,53-54H,1-21,24-25,38-43H2,(H,44,48)(H,45,49)(H,46,50)/t28-,29-,30-,31-/m0/s1. The van der Waals surface area contributed by atoms with Crippen LogP contribution in [0.25, 0.3) is 0 Å². The monoisotopic (exact) mass is 799 g/mol. The highest BCUT2D eigenvalue weighted by Crippen LogP contribution is 2.32. The minimum atomic E-state index is -0.691. The van der Waals surface area contributed by atoms with Gasteiger partial charge in [-0.1, -0.05) is 25.7 Å². The first-order chi connectivity index (χ1) is 26.0. The Kier molecular flexibility index (Phi) is 27.9. The smallest absolute Gasteiger partial charge is 0.237 e. The predicted octanol–water partition coefficient (Wildman–Crippen LogP) is 0.910. The van der Waals surface area contributed by atoms with Gasteiger partial charge in [-0.2, -0.15) is 25.3 Å².